The van der Waals surface area contributed by atoms with Crippen LogP contribution in [0.15, 0.2) is 48.8 Å². The van der Waals surface area contributed by atoms with Crippen LogP contribution in [-0.4, -0.2) is 53.6 Å². The van der Waals surface area contributed by atoms with Crippen molar-refractivity contribution in [2.24, 2.45) is 0 Å². The largest absolute Gasteiger partial charge is 0.490 e. The molecule has 1 fully saturated rings. The normalized spacial score (nSPS) is 15.8. The summed E-state index contributed by atoms with van der Waals surface area (Å²) in [7, 11) is 0. The minimum absolute atomic E-state index is 0.194. The van der Waals surface area contributed by atoms with E-state index in [9.17, 15) is 13.2 Å². The van der Waals surface area contributed by atoms with Crippen LogP contribution in [0.4, 0.5) is 30.8 Å². The monoisotopic (exact) mass is 474 g/mol. The number of H-pyrrole nitrogens is 1. The Morgan fingerprint density at radius 3 is 2.71 bits per heavy atom. The zero-order valence-electron chi connectivity index (χ0n) is 18.0. The van der Waals surface area contributed by atoms with Gasteiger partial charge in [-0.1, -0.05) is 6.07 Å². The molecule has 5 heterocycles. The van der Waals surface area contributed by atoms with Gasteiger partial charge in [-0.2, -0.15) is 23.3 Å². The molecule has 13 heteroatoms. The molecule has 1 saturated heterocycles. The number of aromatic nitrogens is 6. The van der Waals surface area contributed by atoms with Crippen LogP contribution in [0, 0.1) is 6.92 Å². The van der Waals surface area contributed by atoms with Crippen LogP contribution in [0.5, 0.6) is 0 Å². The zero-order chi connectivity index (χ0) is 24.3. The predicted molar refractivity (Wildman–Crippen MR) is 117 cm³/mol. The van der Waals surface area contributed by atoms with Crippen molar-refractivity contribution in [1.29, 1.82) is 0 Å². The molecule has 34 heavy (non-hydrogen) atoms. The van der Waals surface area contributed by atoms with Crippen LogP contribution >= 0.6 is 0 Å². The summed E-state index contributed by atoms with van der Waals surface area (Å²) in [4.78, 5) is 20.5. The predicted octanol–water partition coefficient (Wildman–Crippen LogP) is 3.87. The van der Waals surface area contributed by atoms with E-state index in [2.05, 4.69) is 31.5 Å². The van der Waals surface area contributed by atoms with E-state index in [1.54, 1.807) is 0 Å². The van der Waals surface area contributed by atoms with Gasteiger partial charge in [0.15, 0.2) is 11.6 Å². The lowest BCUT2D eigenvalue weighted by Gasteiger charge is -2.24. The number of pyridine rings is 1. The molecule has 0 spiro atoms. The van der Waals surface area contributed by atoms with Gasteiger partial charge in [0, 0.05) is 30.7 Å². The number of aromatic amines is 1. The quantitative estimate of drug-likeness (QED) is 0.407. The first-order valence-corrected chi connectivity index (χ1v) is 10.3. The van der Waals surface area contributed by atoms with E-state index in [4.69, 9.17) is 20.0 Å². The molecule has 0 bridgehead atoms. The van der Waals surface area contributed by atoms with E-state index in [1.807, 2.05) is 54.2 Å². The van der Waals surface area contributed by atoms with Gasteiger partial charge < -0.3 is 15.3 Å². The topological polar surface area (TPSA) is 124 Å². The van der Waals surface area contributed by atoms with Crippen molar-refractivity contribution in [2.75, 3.05) is 16.8 Å². The summed E-state index contributed by atoms with van der Waals surface area (Å²) in [5, 5.41) is 22.4. The summed E-state index contributed by atoms with van der Waals surface area (Å²) in [6, 6.07) is 12.2. The molecule has 0 aliphatic carbocycles. The van der Waals surface area contributed by atoms with Gasteiger partial charge >= 0.3 is 12.1 Å². The number of rotatable bonds is 4. The second-order valence-electron chi connectivity index (χ2n) is 7.57. The number of alkyl halides is 3. The van der Waals surface area contributed by atoms with Crippen LogP contribution in [0.25, 0.3) is 5.52 Å². The maximum absolute atomic E-state index is 10.6. The Hall–Kier alpha value is -4.16. The van der Waals surface area contributed by atoms with Crippen molar-refractivity contribution < 1.29 is 23.1 Å². The van der Waals surface area contributed by atoms with Crippen molar-refractivity contribution in [2.45, 2.75) is 32.0 Å². The molecule has 1 aliphatic rings. The number of hydrogen-bond donors (Lipinski definition) is 3. The van der Waals surface area contributed by atoms with Gasteiger partial charge in [0.25, 0.3) is 0 Å². The molecule has 178 valence electrons. The SMILES string of the molecule is Cc1cc(Nc2nc(N3CCC[C@H]3c3ccccn3)nn3cccc23)n[nH]1.O=C(O)C(F)(F)F. The second kappa shape index (κ2) is 9.37. The van der Waals surface area contributed by atoms with E-state index in [0.717, 1.165) is 47.9 Å². The molecule has 0 saturated carbocycles. The fourth-order valence-corrected chi connectivity index (χ4v) is 3.63. The number of nitrogens with zero attached hydrogens (tertiary/aromatic N) is 6. The van der Waals surface area contributed by atoms with Gasteiger partial charge in [0.2, 0.25) is 5.95 Å². The summed E-state index contributed by atoms with van der Waals surface area (Å²) >= 11 is 0. The van der Waals surface area contributed by atoms with Gasteiger partial charge in [-0.3, -0.25) is 10.1 Å². The van der Waals surface area contributed by atoms with Crippen molar-refractivity contribution in [1.82, 2.24) is 29.8 Å². The number of hydrogen-bond acceptors (Lipinski definition) is 7. The van der Waals surface area contributed by atoms with Crippen LogP contribution < -0.4 is 10.2 Å². The molecule has 3 N–H and O–H groups in total. The van der Waals surface area contributed by atoms with Crippen molar-refractivity contribution >= 4 is 29.1 Å². The summed E-state index contributed by atoms with van der Waals surface area (Å²) in [5.41, 5.74) is 2.96. The van der Waals surface area contributed by atoms with E-state index in [0.29, 0.717) is 5.95 Å². The molecule has 0 aromatic carbocycles. The third-order valence-electron chi connectivity index (χ3n) is 5.11. The number of fused-ring (bicyclic) bond motifs is 1. The van der Waals surface area contributed by atoms with Gasteiger partial charge in [-0.25, -0.2) is 9.31 Å². The van der Waals surface area contributed by atoms with E-state index >= 15 is 0 Å². The third-order valence-corrected chi connectivity index (χ3v) is 5.11. The Kier molecular flexibility index (Phi) is 6.34. The smallest absolute Gasteiger partial charge is 0.475 e. The number of halogens is 3. The van der Waals surface area contributed by atoms with Crippen LogP contribution in [0.3, 0.4) is 0 Å². The Balaban J connectivity index is 0.000000344. The maximum Gasteiger partial charge on any atom is 0.490 e. The summed E-state index contributed by atoms with van der Waals surface area (Å²) in [5.74, 6) is -0.583. The minimum atomic E-state index is -5.08. The summed E-state index contributed by atoms with van der Waals surface area (Å²) < 4.78 is 33.6. The Morgan fingerprint density at radius 1 is 1.26 bits per heavy atom. The third kappa shape index (κ3) is 5.08. The Bertz CT molecular complexity index is 1270. The number of carboxylic acids is 1. The average molecular weight is 474 g/mol. The number of aliphatic carboxylic acids is 1. The van der Waals surface area contributed by atoms with E-state index in [-0.39, 0.29) is 6.04 Å². The second-order valence-corrected chi connectivity index (χ2v) is 7.57. The standard InChI is InChI=1S/C19H20N8.C2HF3O2/c1-13-12-17(24-23-13)21-18-16-8-5-11-27(16)25-19(22-18)26-10-4-7-15(26)14-6-2-3-9-20-14;3-2(4,5)1(6)7/h2-3,5-6,8-9,11-12,15H,4,7,10H2,1H3,(H2,21,22,23,24,25);(H,6,7)/t15-;/m0./s1. The molecular weight excluding hydrogens is 453 g/mol. The summed E-state index contributed by atoms with van der Waals surface area (Å²) in [6.07, 6.45) is 0.836. The molecule has 1 aliphatic heterocycles. The molecule has 4 aromatic heterocycles. The molecule has 10 nitrogen and oxygen atoms in total. The fourth-order valence-electron chi connectivity index (χ4n) is 3.63. The molecule has 0 unspecified atom stereocenters. The fraction of sp³-hybridized carbons (Fsp3) is 0.286. The highest BCUT2D eigenvalue weighted by Gasteiger charge is 2.38. The van der Waals surface area contributed by atoms with Crippen molar-refractivity contribution in [3.05, 3.63) is 60.2 Å². The van der Waals surface area contributed by atoms with E-state index < -0.39 is 12.1 Å². The highest BCUT2D eigenvalue weighted by Crippen LogP contribution is 2.34. The first-order chi connectivity index (χ1) is 16.2. The van der Waals surface area contributed by atoms with Gasteiger partial charge in [0.1, 0.15) is 5.52 Å². The number of carbonyl (C=O) groups is 1. The molecule has 4 aromatic rings. The Labute approximate surface area is 191 Å². The number of anilines is 3. The minimum Gasteiger partial charge on any atom is -0.475 e. The van der Waals surface area contributed by atoms with Crippen molar-refractivity contribution in [3.8, 4) is 0 Å². The van der Waals surface area contributed by atoms with Gasteiger partial charge in [-0.15, -0.1) is 5.10 Å². The lowest BCUT2D eigenvalue weighted by molar-refractivity contribution is -0.192. The first kappa shape index (κ1) is 23.0. The van der Waals surface area contributed by atoms with Gasteiger partial charge in [0.05, 0.1) is 11.7 Å². The van der Waals surface area contributed by atoms with Crippen molar-refractivity contribution in [3.63, 3.8) is 0 Å². The highest BCUT2D eigenvalue weighted by molar-refractivity contribution is 5.73. The Morgan fingerprint density at radius 2 is 2.06 bits per heavy atom. The van der Waals surface area contributed by atoms with Crippen LogP contribution in [0.1, 0.15) is 30.3 Å². The van der Waals surface area contributed by atoms with Crippen LogP contribution in [0.2, 0.25) is 0 Å². The molecule has 0 amide bonds. The lowest BCUT2D eigenvalue weighted by atomic mass is 10.1. The number of carboxylic acid groups (broad SMARTS) is 1. The highest BCUT2D eigenvalue weighted by atomic mass is 19.4. The maximum atomic E-state index is 10.6. The van der Waals surface area contributed by atoms with Crippen LogP contribution in [-0.2, 0) is 4.79 Å². The van der Waals surface area contributed by atoms with Gasteiger partial charge in [-0.05, 0) is 44.0 Å². The number of aryl methyl sites for hydroxylation is 1. The first-order valence-electron chi connectivity index (χ1n) is 10.3. The zero-order valence-corrected chi connectivity index (χ0v) is 18.0. The number of nitrogens with one attached hydrogen (secondary N) is 2. The lowest BCUT2D eigenvalue weighted by Crippen LogP contribution is -2.26. The molecule has 0 radical (unpaired) electrons. The summed E-state index contributed by atoms with van der Waals surface area (Å²) in [6.45, 7) is 2.88. The average Bonchev–Trinajstić information content (AvgIpc) is 3.55. The molecule has 1 atom stereocenters. The molecule has 5 rings (SSSR count). The molecular formula is C21H21F3N8O2. The van der Waals surface area contributed by atoms with E-state index in [1.165, 1.54) is 0 Å².